The van der Waals surface area contributed by atoms with Crippen molar-refractivity contribution in [2.45, 2.75) is 19.7 Å². The van der Waals surface area contributed by atoms with E-state index in [0.29, 0.717) is 0 Å². The van der Waals surface area contributed by atoms with E-state index in [1.165, 1.54) is 6.92 Å². The van der Waals surface area contributed by atoms with Crippen LogP contribution in [0.1, 0.15) is 13.3 Å². The molecule has 0 aliphatic rings. The zero-order valence-corrected chi connectivity index (χ0v) is 7.43. The third-order valence-corrected chi connectivity index (χ3v) is 0.998. The van der Waals surface area contributed by atoms with Crippen molar-refractivity contribution in [3.63, 3.8) is 0 Å². The van der Waals surface area contributed by atoms with Gasteiger partial charge < -0.3 is 10.5 Å². The lowest BCUT2D eigenvalue weighted by atomic mass is 10.3. The maximum atomic E-state index is 11.8. The second kappa shape index (κ2) is 5.17. The molecule has 0 saturated heterocycles. The molecule has 3 nitrogen and oxygen atoms in total. The summed E-state index contributed by atoms with van der Waals surface area (Å²) < 4.78 is 38.9. The van der Waals surface area contributed by atoms with E-state index in [-0.39, 0.29) is 12.1 Å². The summed E-state index contributed by atoms with van der Waals surface area (Å²) in [6.07, 6.45) is -2.93. The second-order valence-electron chi connectivity index (χ2n) is 2.40. The van der Waals surface area contributed by atoms with Crippen molar-refractivity contribution in [3.05, 3.63) is 23.6 Å². The number of nitrogens with two attached hydrogens (primary N) is 1. The van der Waals surface area contributed by atoms with Crippen LogP contribution in [0, 0.1) is 11.3 Å². The molecular formula is C8H9F3N2O. The average Bonchev–Trinajstić information content (AvgIpc) is 1.96. The molecular weight excluding hydrogens is 197 g/mol. The minimum Gasteiger partial charge on any atom is -0.406 e. The quantitative estimate of drug-likeness (QED) is 0.568. The predicted octanol–water partition coefficient (Wildman–Crippen LogP) is 2.18. The van der Waals surface area contributed by atoms with Gasteiger partial charge in [-0.25, -0.2) is 0 Å². The van der Waals surface area contributed by atoms with Gasteiger partial charge in [0.1, 0.15) is 5.76 Å². The molecule has 0 aliphatic heterocycles. The number of allylic oxidation sites excluding steroid dienone is 3. The summed E-state index contributed by atoms with van der Waals surface area (Å²) in [6.45, 7) is 1.42. The Morgan fingerprint density at radius 3 is 2.50 bits per heavy atom. The largest absolute Gasteiger partial charge is 0.573 e. The van der Waals surface area contributed by atoms with Gasteiger partial charge in [0.2, 0.25) is 0 Å². The van der Waals surface area contributed by atoms with Gasteiger partial charge in [0.15, 0.2) is 0 Å². The summed E-state index contributed by atoms with van der Waals surface area (Å²) in [4.78, 5) is 0. The van der Waals surface area contributed by atoms with Gasteiger partial charge in [-0.3, -0.25) is 0 Å². The molecule has 0 atom stereocenters. The third kappa shape index (κ3) is 7.03. The number of nitrogens with zero attached hydrogens (tertiary/aromatic N) is 1. The molecule has 0 fully saturated rings. The molecule has 6 heteroatoms. The summed E-state index contributed by atoms with van der Waals surface area (Å²) in [6, 6.07) is 1.66. The van der Waals surface area contributed by atoms with E-state index in [2.05, 4.69) is 4.74 Å². The molecule has 0 aliphatic carbocycles. The highest BCUT2D eigenvalue weighted by Crippen LogP contribution is 2.21. The first-order valence-corrected chi connectivity index (χ1v) is 3.62. The maximum absolute atomic E-state index is 11.8. The standard InChI is InChI=1S/C8H9F3N2O/c1-6(13)5-7(3-2-4-12)14-8(9,10)11/h3,5H,2,13H2,1H3/b6-5-,7-3+. The fraction of sp³-hybridized carbons (Fsp3) is 0.375. The summed E-state index contributed by atoms with van der Waals surface area (Å²) >= 11 is 0. The molecule has 0 aromatic rings. The lowest BCUT2D eigenvalue weighted by Gasteiger charge is -2.09. The Hall–Kier alpha value is -1.64. The van der Waals surface area contributed by atoms with Crippen LogP contribution in [0.25, 0.3) is 0 Å². The summed E-state index contributed by atoms with van der Waals surface area (Å²) in [5.41, 5.74) is 5.34. The van der Waals surface area contributed by atoms with Crippen LogP contribution in [0.2, 0.25) is 0 Å². The highest BCUT2D eigenvalue weighted by Gasteiger charge is 2.31. The van der Waals surface area contributed by atoms with Gasteiger partial charge in [0.25, 0.3) is 0 Å². The second-order valence-corrected chi connectivity index (χ2v) is 2.40. The van der Waals surface area contributed by atoms with E-state index in [1.807, 2.05) is 0 Å². The van der Waals surface area contributed by atoms with Gasteiger partial charge >= 0.3 is 6.36 Å². The summed E-state index contributed by atoms with van der Waals surface area (Å²) in [5, 5.41) is 8.16. The van der Waals surface area contributed by atoms with Crippen LogP contribution in [0.5, 0.6) is 0 Å². The highest BCUT2D eigenvalue weighted by atomic mass is 19.4. The fourth-order valence-electron chi connectivity index (χ4n) is 0.634. The van der Waals surface area contributed by atoms with Crippen molar-refractivity contribution in [2.24, 2.45) is 5.73 Å². The molecule has 0 bridgehead atoms. The first-order chi connectivity index (χ1) is 6.35. The first kappa shape index (κ1) is 12.4. The Morgan fingerprint density at radius 2 is 2.14 bits per heavy atom. The number of halogens is 3. The van der Waals surface area contributed by atoms with Crippen LogP contribution in [-0.2, 0) is 4.74 Å². The molecule has 0 unspecified atom stereocenters. The lowest BCUT2D eigenvalue weighted by Crippen LogP contribution is -2.12. The number of ether oxygens (including phenoxy) is 1. The molecule has 14 heavy (non-hydrogen) atoms. The van der Waals surface area contributed by atoms with Crippen molar-refractivity contribution < 1.29 is 17.9 Å². The van der Waals surface area contributed by atoms with Crippen LogP contribution in [-0.4, -0.2) is 6.36 Å². The smallest absolute Gasteiger partial charge is 0.406 e. The molecule has 0 spiro atoms. The van der Waals surface area contributed by atoms with Gasteiger partial charge in [0.05, 0.1) is 12.5 Å². The number of hydrogen-bond acceptors (Lipinski definition) is 3. The Bertz CT molecular complexity index is 282. The zero-order chi connectivity index (χ0) is 11.2. The van der Waals surface area contributed by atoms with Crippen LogP contribution in [0.15, 0.2) is 23.6 Å². The monoisotopic (exact) mass is 206 g/mol. The van der Waals surface area contributed by atoms with E-state index in [1.54, 1.807) is 6.07 Å². The molecule has 2 N–H and O–H groups in total. The summed E-state index contributed by atoms with van der Waals surface area (Å²) in [7, 11) is 0. The average molecular weight is 206 g/mol. The number of rotatable bonds is 3. The van der Waals surface area contributed by atoms with Crippen molar-refractivity contribution in [3.8, 4) is 6.07 Å². The molecule has 0 aromatic carbocycles. The lowest BCUT2D eigenvalue weighted by molar-refractivity contribution is -0.303. The van der Waals surface area contributed by atoms with Gasteiger partial charge in [-0.05, 0) is 19.1 Å². The van der Waals surface area contributed by atoms with Gasteiger partial charge in [-0.1, -0.05) is 0 Å². The van der Waals surface area contributed by atoms with Crippen LogP contribution in [0.4, 0.5) is 13.2 Å². The minimum atomic E-state index is -4.77. The third-order valence-electron chi connectivity index (χ3n) is 0.998. The fourth-order valence-corrected chi connectivity index (χ4v) is 0.634. The number of hydrogen-bond donors (Lipinski definition) is 1. The topological polar surface area (TPSA) is 59.0 Å². The maximum Gasteiger partial charge on any atom is 0.573 e. The SMILES string of the molecule is C/C(N)=C/C(=C\CC#N)OC(F)(F)F. The van der Waals surface area contributed by atoms with Crippen molar-refractivity contribution >= 4 is 0 Å². The zero-order valence-electron chi connectivity index (χ0n) is 7.43. The Morgan fingerprint density at radius 1 is 1.57 bits per heavy atom. The van der Waals surface area contributed by atoms with Crippen molar-refractivity contribution in [2.75, 3.05) is 0 Å². The Kier molecular flexibility index (Phi) is 4.56. The normalized spacial score (nSPS) is 13.6. The molecule has 0 heterocycles. The van der Waals surface area contributed by atoms with Crippen LogP contribution < -0.4 is 5.73 Å². The molecule has 0 radical (unpaired) electrons. The van der Waals surface area contributed by atoms with Gasteiger partial charge in [-0.2, -0.15) is 5.26 Å². The highest BCUT2D eigenvalue weighted by molar-refractivity contribution is 5.17. The van der Waals surface area contributed by atoms with Gasteiger partial charge in [0, 0.05) is 5.70 Å². The molecule has 0 amide bonds. The molecule has 0 saturated carbocycles. The molecule has 78 valence electrons. The Balaban J connectivity index is 4.60. The minimum absolute atomic E-state index is 0.165. The summed E-state index contributed by atoms with van der Waals surface area (Å²) in [5.74, 6) is -0.473. The Labute approximate surface area is 79.3 Å². The molecule has 0 rings (SSSR count). The van der Waals surface area contributed by atoms with Gasteiger partial charge in [-0.15, -0.1) is 13.2 Å². The predicted molar refractivity (Wildman–Crippen MR) is 43.4 cm³/mol. The van der Waals surface area contributed by atoms with Crippen LogP contribution >= 0.6 is 0 Å². The number of alkyl halides is 3. The van der Waals surface area contributed by atoms with E-state index >= 15 is 0 Å². The van der Waals surface area contributed by atoms with E-state index in [0.717, 1.165) is 12.2 Å². The van der Waals surface area contributed by atoms with Crippen molar-refractivity contribution in [1.82, 2.24) is 0 Å². The molecule has 0 aromatic heterocycles. The van der Waals surface area contributed by atoms with Crippen LogP contribution in [0.3, 0.4) is 0 Å². The van der Waals surface area contributed by atoms with Crippen molar-refractivity contribution in [1.29, 1.82) is 5.26 Å². The van der Waals surface area contributed by atoms with E-state index < -0.39 is 12.1 Å². The van der Waals surface area contributed by atoms with E-state index in [4.69, 9.17) is 11.0 Å². The first-order valence-electron chi connectivity index (χ1n) is 3.62. The van der Waals surface area contributed by atoms with E-state index in [9.17, 15) is 13.2 Å². The number of nitriles is 1.